The van der Waals surface area contributed by atoms with Crippen molar-refractivity contribution in [2.45, 2.75) is 32.7 Å². The van der Waals surface area contributed by atoms with Crippen LogP contribution in [0.4, 0.5) is 0 Å². The first-order chi connectivity index (χ1) is 11.5. The molecule has 1 aromatic carbocycles. The molecule has 0 spiro atoms. The van der Waals surface area contributed by atoms with Crippen LogP contribution in [-0.4, -0.2) is 24.5 Å². The van der Waals surface area contributed by atoms with E-state index in [2.05, 4.69) is 5.32 Å². The van der Waals surface area contributed by atoms with Gasteiger partial charge in [0.1, 0.15) is 0 Å². The molecule has 2 aromatic rings. The van der Waals surface area contributed by atoms with Gasteiger partial charge in [-0.1, -0.05) is 43.6 Å². The van der Waals surface area contributed by atoms with Gasteiger partial charge in [0.2, 0.25) is 0 Å². The van der Waals surface area contributed by atoms with Crippen molar-refractivity contribution in [2.75, 3.05) is 6.61 Å². The number of nitrogens with one attached hydrogen (secondary N) is 1. The van der Waals surface area contributed by atoms with Gasteiger partial charge in [-0.25, -0.2) is 4.79 Å². The standard InChI is InChI=1S/C18H20ClNO3S/c1-3-12(4-2)20-16(21)11-23-17(22)10-9-15-18(19)13-7-5-6-8-14(13)24-15/h5-10,12H,3-4,11H2,1-2H3,(H,20,21)/b10-9+. The van der Waals surface area contributed by atoms with E-state index in [1.165, 1.54) is 17.4 Å². The molecule has 0 bridgehead atoms. The molecule has 0 aliphatic heterocycles. The molecular formula is C18H20ClNO3S. The van der Waals surface area contributed by atoms with E-state index in [0.717, 1.165) is 27.8 Å². The molecule has 24 heavy (non-hydrogen) atoms. The van der Waals surface area contributed by atoms with Crippen molar-refractivity contribution in [1.29, 1.82) is 0 Å². The summed E-state index contributed by atoms with van der Waals surface area (Å²) in [5.41, 5.74) is 0. The van der Waals surface area contributed by atoms with E-state index in [1.807, 2.05) is 38.1 Å². The number of benzene rings is 1. The normalized spacial score (nSPS) is 11.3. The molecule has 0 unspecified atom stereocenters. The van der Waals surface area contributed by atoms with Crippen molar-refractivity contribution in [1.82, 2.24) is 5.32 Å². The molecule has 1 amide bonds. The molecule has 6 heteroatoms. The van der Waals surface area contributed by atoms with Crippen molar-refractivity contribution < 1.29 is 14.3 Å². The second kappa shape index (κ2) is 8.85. The predicted molar refractivity (Wildman–Crippen MR) is 99.3 cm³/mol. The average Bonchev–Trinajstić information content (AvgIpc) is 2.92. The number of carbonyl (C=O) groups is 2. The lowest BCUT2D eigenvalue weighted by molar-refractivity contribution is -0.144. The number of thiophene rings is 1. The minimum absolute atomic E-state index is 0.115. The highest BCUT2D eigenvalue weighted by molar-refractivity contribution is 7.20. The Hall–Kier alpha value is -1.85. The average molecular weight is 366 g/mol. The van der Waals surface area contributed by atoms with Crippen LogP contribution in [0.2, 0.25) is 5.02 Å². The van der Waals surface area contributed by atoms with Gasteiger partial charge in [0, 0.05) is 27.1 Å². The Morgan fingerprint density at radius 3 is 2.67 bits per heavy atom. The molecule has 0 saturated carbocycles. The van der Waals surface area contributed by atoms with Crippen molar-refractivity contribution in [2.24, 2.45) is 0 Å². The van der Waals surface area contributed by atoms with E-state index in [0.29, 0.717) is 5.02 Å². The Morgan fingerprint density at radius 2 is 2.00 bits per heavy atom. The molecule has 1 aromatic heterocycles. The van der Waals surface area contributed by atoms with Crippen LogP contribution in [0.1, 0.15) is 31.6 Å². The lowest BCUT2D eigenvalue weighted by Crippen LogP contribution is -2.36. The third kappa shape index (κ3) is 4.82. The Kier molecular flexibility index (Phi) is 6.82. The summed E-state index contributed by atoms with van der Waals surface area (Å²) in [6.45, 7) is 3.72. The second-order valence-corrected chi connectivity index (χ2v) is 6.76. The largest absolute Gasteiger partial charge is 0.452 e. The summed E-state index contributed by atoms with van der Waals surface area (Å²) in [6, 6.07) is 7.89. The highest BCUT2D eigenvalue weighted by Crippen LogP contribution is 2.35. The zero-order valence-corrected chi connectivity index (χ0v) is 15.2. The monoisotopic (exact) mass is 365 g/mol. The third-order valence-corrected chi connectivity index (χ3v) is 5.28. The zero-order chi connectivity index (χ0) is 17.5. The highest BCUT2D eigenvalue weighted by Gasteiger charge is 2.11. The van der Waals surface area contributed by atoms with Crippen molar-refractivity contribution in [3.8, 4) is 0 Å². The van der Waals surface area contributed by atoms with Crippen LogP contribution in [0, 0.1) is 0 Å². The summed E-state index contributed by atoms with van der Waals surface area (Å²) in [7, 11) is 0. The SMILES string of the molecule is CCC(CC)NC(=O)COC(=O)/C=C/c1sc2ccccc2c1Cl. The lowest BCUT2D eigenvalue weighted by atomic mass is 10.2. The molecule has 0 atom stereocenters. The van der Waals surface area contributed by atoms with E-state index >= 15 is 0 Å². The van der Waals surface area contributed by atoms with Gasteiger partial charge in [0.15, 0.2) is 6.61 Å². The molecule has 0 aliphatic rings. The second-order valence-electron chi connectivity index (χ2n) is 5.30. The van der Waals surface area contributed by atoms with Gasteiger partial charge in [0.05, 0.1) is 5.02 Å². The number of amides is 1. The van der Waals surface area contributed by atoms with Gasteiger partial charge < -0.3 is 10.1 Å². The van der Waals surface area contributed by atoms with E-state index in [-0.39, 0.29) is 18.6 Å². The summed E-state index contributed by atoms with van der Waals surface area (Å²) in [4.78, 5) is 24.2. The van der Waals surface area contributed by atoms with Crippen LogP contribution in [0.25, 0.3) is 16.2 Å². The fourth-order valence-corrected chi connectivity index (χ4v) is 3.63. The topological polar surface area (TPSA) is 55.4 Å². The fraction of sp³-hybridized carbons (Fsp3) is 0.333. The quantitative estimate of drug-likeness (QED) is 0.583. The molecular weight excluding hydrogens is 346 g/mol. The minimum atomic E-state index is -0.566. The number of ether oxygens (including phenoxy) is 1. The molecule has 1 heterocycles. The van der Waals surface area contributed by atoms with Crippen LogP contribution in [-0.2, 0) is 14.3 Å². The maximum absolute atomic E-state index is 11.7. The predicted octanol–water partition coefficient (Wildman–Crippen LogP) is 4.42. The number of esters is 1. The van der Waals surface area contributed by atoms with E-state index in [9.17, 15) is 9.59 Å². The maximum atomic E-state index is 11.7. The Morgan fingerprint density at radius 1 is 1.29 bits per heavy atom. The molecule has 4 nitrogen and oxygen atoms in total. The van der Waals surface area contributed by atoms with Gasteiger partial charge >= 0.3 is 5.97 Å². The fourth-order valence-electron chi connectivity index (χ4n) is 2.23. The van der Waals surface area contributed by atoms with Crippen molar-refractivity contribution >= 4 is 51.0 Å². The maximum Gasteiger partial charge on any atom is 0.331 e. The van der Waals surface area contributed by atoms with Crippen molar-refractivity contribution in [3.05, 3.63) is 40.2 Å². The number of carbonyl (C=O) groups excluding carboxylic acids is 2. The Balaban J connectivity index is 1.90. The van der Waals surface area contributed by atoms with Crippen LogP contribution in [0.5, 0.6) is 0 Å². The van der Waals surface area contributed by atoms with Crippen molar-refractivity contribution in [3.63, 3.8) is 0 Å². The highest BCUT2D eigenvalue weighted by atomic mass is 35.5. The summed E-state index contributed by atoms with van der Waals surface area (Å²) >= 11 is 7.80. The summed E-state index contributed by atoms with van der Waals surface area (Å²) in [5.74, 6) is -0.853. The number of fused-ring (bicyclic) bond motifs is 1. The summed E-state index contributed by atoms with van der Waals surface area (Å²) in [5, 5.41) is 4.39. The van der Waals surface area contributed by atoms with Crippen LogP contribution in [0.3, 0.4) is 0 Å². The summed E-state index contributed by atoms with van der Waals surface area (Å²) in [6.07, 6.45) is 4.61. The first kappa shape index (κ1) is 18.5. The van der Waals surface area contributed by atoms with Gasteiger partial charge in [-0.15, -0.1) is 11.3 Å². The molecule has 1 N–H and O–H groups in total. The third-order valence-electron chi connectivity index (χ3n) is 3.63. The Labute approximate surface area is 150 Å². The summed E-state index contributed by atoms with van der Waals surface area (Å²) < 4.78 is 6.01. The first-order valence-electron chi connectivity index (χ1n) is 7.86. The van der Waals surface area contributed by atoms with Gasteiger partial charge in [-0.2, -0.15) is 0 Å². The molecule has 0 fully saturated rings. The van der Waals surface area contributed by atoms with Gasteiger partial charge in [0.25, 0.3) is 5.91 Å². The number of hydrogen-bond acceptors (Lipinski definition) is 4. The zero-order valence-electron chi connectivity index (χ0n) is 13.7. The minimum Gasteiger partial charge on any atom is -0.452 e. The van der Waals surface area contributed by atoms with Gasteiger partial charge in [-0.3, -0.25) is 4.79 Å². The number of halogens is 1. The first-order valence-corrected chi connectivity index (χ1v) is 9.05. The lowest BCUT2D eigenvalue weighted by Gasteiger charge is -2.14. The van der Waals surface area contributed by atoms with Crippen LogP contribution < -0.4 is 5.32 Å². The van der Waals surface area contributed by atoms with E-state index in [4.69, 9.17) is 16.3 Å². The Bertz CT molecular complexity index is 750. The number of rotatable bonds is 7. The molecule has 128 valence electrons. The molecule has 0 aliphatic carbocycles. The van der Waals surface area contributed by atoms with Crippen LogP contribution >= 0.6 is 22.9 Å². The van der Waals surface area contributed by atoms with Crippen LogP contribution in [0.15, 0.2) is 30.3 Å². The molecule has 2 rings (SSSR count). The molecule has 0 saturated heterocycles. The molecule has 0 radical (unpaired) electrons. The van der Waals surface area contributed by atoms with E-state index in [1.54, 1.807) is 6.08 Å². The van der Waals surface area contributed by atoms with Gasteiger partial charge in [-0.05, 0) is 25.0 Å². The number of hydrogen-bond donors (Lipinski definition) is 1. The smallest absolute Gasteiger partial charge is 0.331 e. The van der Waals surface area contributed by atoms with E-state index < -0.39 is 5.97 Å².